The van der Waals surface area contributed by atoms with Crippen LogP contribution in [0, 0.1) is 0 Å². The minimum atomic E-state index is -3.87. The molecule has 1 heterocycles. The van der Waals surface area contributed by atoms with Crippen LogP contribution in [0.5, 0.6) is 0 Å². The highest BCUT2D eigenvalue weighted by molar-refractivity contribution is 7.89. The van der Waals surface area contributed by atoms with E-state index in [0.717, 1.165) is 6.42 Å². The van der Waals surface area contributed by atoms with E-state index in [1.165, 1.54) is 17.0 Å². The Labute approximate surface area is 99.2 Å². The summed E-state index contributed by atoms with van der Waals surface area (Å²) >= 11 is 0. The van der Waals surface area contributed by atoms with Gasteiger partial charge in [-0.2, -0.15) is 0 Å². The standard InChI is InChI=1S/C10H13N3O3S/c11-8-4-3-7(6-9(8)17(12,15)16)13-5-1-2-10(13)14/h3-4,6H,1-2,5,11H2,(H2,12,15,16). The molecule has 0 bridgehead atoms. The lowest BCUT2D eigenvalue weighted by molar-refractivity contribution is -0.117. The van der Waals surface area contributed by atoms with E-state index in [9.17, 15) is 13.2 Å². The summed E-state index contributed by atoms with van der Waals surface area (Å²) in [6, 6.07) is 4.40. The molecule has 1 amide bonds. The molecule has 1 aromatic carbocycles. The van der Waals surface area contributed by atoms with Crippen molar-refractivity contribution >= 4 is 27.3 Å². The van der Waals surface area contributed by atoms with E-state index in [4.69, 9.17) is 10.9 Å². The lowest BCUT2D eigenvalue weighted by Gasteiger charge is -2.17. The van der Waals surface area contributed by atoms with E-state index in [2.05, 4.69) is 0 Å². The molecule has 92 valence electrons. The zero-order valence-electron chi connectivity index (χ0n) is 9.09. The van der Waals surface area contributed by atoms with Gasteiger partial charge in [-0.15, -0.1) is 0 Å². The van der Waals surface area contributed by atoms with Crippen molar-refractivity contribution < 1.29 is 13.2 Å². The molecule has 4 N–H and O–H groups in total. The molecule has 0 unspecified atom stereocenters. The van der Waals surface area contributed by atoms with Crippen molar-refractivity contribution in [2.75, 3.05) is 17.2 Å². The van der Waals surface area contributed by atoms with E-state index in [0.29, 0.717) is 18.7 Å². The molecule has 2 rings (SSSR count). The first kappa shape index (κ1) is 11.9. The van der Waals surface area contributed by atoms with Gasteiger partial charge in [-0.1, -0.05) is 0 Å². The average Bonchev–Trinajstić information content (AvgIpc) is 2.63. The van der Waals surface area contributed by atoms with Crippen molar-refractivity contribution in [2.45, 2.75) is 17.7 Å². The van der Waals surface area contributed by atoms with Crippen molar-refractivity contribution in [3.8, 4) is 0 Å². The molecule has 0 radical (unpaired) electrons. The van der Waals surface area contributed by atoms with Gasteiger partial charge in [-0.25, -0.2) is 13.6 Å². The fourth-order valence-corrected chi connectivity index (χ4v) is 2.54. The lowest BCUT2D eigenvalue weighted by atomic mass is 10.2. The van der Waals surface area contributed by atoms with Crippen LogP contribution in [0.3, 0.4) is 0 Å². The first-order valence-corrected chi connectivity index (χ1v) is 6.67. The highest BCUT2D eigenvalue weighted by Crippen LogP contribution is 2.27. The van der Waals surface area contributed by atoms with Crippen LogP contribution < -0.4 is 15.8 Å². The second-order valence-corrected chi connectivity index (χ2v) is 5.45. The van der Waals surface area contributed by atoms with Gasteiger partial charge in [0.15, 0.2) is 0 Å². The molecule has 1 saturated heterocycles. The fourth-order valence-electron chi connectivity index (χ4n) is 1.86. The van der Waals surface area contributed by atoms with E-state index >= 15 is 0 Å². The molecule has 17 heavy (non-hydrogen) atoms. The fraction of sp³-hybridized carbons (Fsp3) is 0.300. The van der Waals surface area contributed by atoms with Gasteiger partial charge in [0.1, 0.15) is 4.90 Å². The zero-order valence-corrected chi connectivity index (χ0v) is 9.90. The van der Waals surface area contributed by atoms with E-state index in [1.54, 1.807) is 6.07 Å². The molecule has 6 nitrogen and oxygen atoms in total. The first-order valence-electron chi connectivity index (χ1n) is 5.12. The number of amides is 1. The summed E-state index contributed by atoms with van der Waals surface area (Å²) in [7, 11) is -3.87. The molecular formula is C10H13N3O3S. The Kier molecular flexibility index (Phi) is 2.80. The number of carbonyl (C=O) groups excluding carboxylic acids is 1. The maximum absolute atomic E-state index is 11.5. The monoisotopic (exact) mass is 255 g/mol. The molecule has 1 aliphatic heterocycles. The Hall–Kier alpha value is -1.60. The van der Waals surface area contributed by atoms with Crippen molar-refractivity contribution in [1.29, 1.82) is 0 Å². The van der Waals surface area contributed by atoms with Gasteiger partial charge in [-0.05, 0) is 24.6 Å². The van der Waals surface area contributed by atoms with Crippen LogP contribution in [-0.4, -0.2) is 20.9 Å². The molecule has 1 aliphatic rings. The van der Waals surface area contributed by atoms with Gasteiger partial charge < -0.3 is 10.6 Å². The van der Waals surface area contributed by atoms with Crippen molar-refractivity contribution in [1.82, 2.24) is 0 Å². The average molecular weight is 255 g/mol. The van der Waals surface area contributed by atoms with Crippen molar-refractivity contribution in [2.24, 2.45) is 5.14 Å². The number of sulfonamides is 1. The smallest absolute Gasteiger partial charge is 0.240 e. The molecule has 0 atom stereocenters. The number of nitrogens with zero attached hydrogens (tertiary/aromatic N) is 1. The molecule has 0 spiro atoms. The Balaban J connectivity index is 2.48. The van der Waals surface area contributed by atoms with E-state index < -0.39 is 10.0 Å². The minimum Gasteiger partial charge on any atom is -0.398 e. The van der Waals surface area contributed by atoms with Crippen LogP contribution >= 0.6 is 0 Å². The largest absolute Gasteiger partial charge is 0.398 e. The molecular weight excluding hydrogens is 242 g/mol. The molecule has 0 aliphatic carbocycles. The summed E-state index contributed by atoms with van der Waals surface area (Å²) < 4.78 is 22.6. The summed E-state index contributed by atoms with van der Waals surface area (Å²) in [6.45, 7) is 0.590. The second kappa shape index (κ2) is 4.01. The Morgan fingerprint density at radius 3 is 2.53 bits per heavy atom. The maximum atomic E-state index is 11.5. The predicted molar refractivity (Wildman–Crippen MR) is 63.8 cm³/mol. The summed E-state index contributed by atoms with van der Waals surface area (Å²) in [4.78, 5) is 12.9. The van der Waals surface area contributed by atoms with Crippen LogP contribution in [0.4, 0.5) is 11.4 Å². The Morgan fingerprint density at radius 2 is 2.00 bits per heavy atom. The van der Waals surface area contributed by atoms with Crippen molar-refractivity contribution in [3.63, 3.8) is 0 Å². The van der Waals surface area contributed by atoms with Crippen LogP contribution in [-0.2, 0) is 14.8 Å². The third-order valence-corrected chi connectivity index (χ3v) is 3.66. The summed E-state index contributed by atoms with van der Waals surface area (Å²) in [5, 5.41) is 5.05. The third kappa shape index (κ3) is 2.25. The number of nitrogens with two attached hydrogens (primary N) is 2. The second-order valence-electron chi connectivity index (χ2n) is 3.92. The molecule has 7 heteroatoms. The molecule has 1 aromatic rings. The SMILES string of the molecule is Nc1ccc(N2CCCC2=O)cc1S(N)(=O)=O. The number of carbonyl (C=O) groups is 1. The maximum Gasteiger partial charge on any atom is 0.240 e. The Bertz CT molecular complexity index is 568. The highest BCUT2D eigenvalue weighted by atomic mass is 32.2. The van der Waals surface area contributed by atoms with E-state index in [-0.39, 0.29) is 16.5 Å². The minimum absolute atomic E-state index is 0.0184. The van der Waals surface area contributed by atoms with Gasteiger partial charge in [0.05, 0.1) is 5.69 Å². The van der Waals surface area contributed by atoms with Gasteiger partial charge in [0.25, 0.3) is 0 Å². The molecule has 1 fully saturated rings. The quantitative estimate of drug-likeness (QED) is 0.728. The first-order chi connectivity index (χ1) is 7.89. The van der Waals surface area contributed by atoms with E-state index in [1.807, 2.05) is 0 Å². The predicted octanol–water partition coefficient (Wildman–Crippen LogP) is 0.0430. The van der Waals surface area contributed by atoms with Gasteiger partial charge in [0, 0.05) is 18.7 Å². The van der Waals surface area contributed by atoms with Crippen LogP contribution in [0.25, 0.3) is 0 Å². The van der Waals surface area contributed by atoms with Gasteiger partial charge in [0.2, 0.25) is 15.9 Å². The summed E-state index contributed by atoms with van der Waals surface area (Å²) in [6.07, 6.45) is 1.25. The Morgan fingerprint density at radius 1 is 1.29 bits per heavy atom. The number of rotatable bonds is 2. The lowest BCUT2D eigenvalue weighted by Crippen LogP contribution is -2.24. The topological polar surface area (TPSA) is 106 Å². The normalized spacial score (nSPS) is 16.5. The zero-order chi connectivity index (χ0) is 12.6. The highest BCUT2D eigenvalue weighted by Gasteiger charge is 2.23. The van der Waals surface area contributed by atoms with Crippen LogP contribution in [0.2, 0.25) is 0 Å². The van der Waals surface area contributed by atoms with Crippen molar-refractivity contribution in [3.05, 3.63) is 18.2 Å². The van der Waals surface area contributed by atoms with Gasteiger partial charge >= 0.3 is 0 Å². The number of hydrogen-bond acceptors (Lipinski definition) is 4. The number of primary sulfonamides is 1. The van der Waals surface area contributed by atoms with Crippen LogP contribution in [0.1, 0.15) is 12.8 Å². The number of hydrogen-bond donors (Lipinski definition) is 2. The third-order valence-electron chi connectivity index (χ3n) is 2.69. The summed E-state index contributed by atoms with van der Waals surface area (Å²) in [5.41, 5.74) is 6.15. The number of nitrogen functional groups attached to an aromatic ring is 1. The molecule has 0 saturated carbocycles. The van der Waals surface area contributed by atoms with Crippen LogP contribution in [0.15, 0.2) is 23.1 Å². The summed E-state index contributed by atoms with van der Waals surface area (Å²) in [5.74, 6) is -0.0184. The number of benzene rings is 1. The van der Waals surface area contributed by atoms with Gasteiger partial charge in [-0.3, -0.25) is 4.79 Å². The number of anilines is 2. The molecule has 0 aromatic heterocycles.